The summed E-state index contributed by atoms with van der Waals surface area (Å²) in [5.41, 5.74) is 7.15. The Morgan fingerprint density at radius 3 is 2.68 bits per heavy atom. The lowest BCUT2D eigenvalue weighted by molar-refractivity contribution is 0.210. The maximum atomic E-state index is 5.86. The standard InChI is InChI=1S/C17H28N2/c1-4-14-6-5-7-15(11-14)17(19-18)16-9-8-12(2)13(3)10-16/h8-10,14-15,17,19H,4-7,11,18H2,1-3H3. The molecule has 0 amide bonds. The van der Waals surface area contributed by atoms with Gasteiger partial charge in [-0.3, -0.25) is 11.3 Å². The first kappa shape index (κ1) is 14.5. The average Bonchev–Trinajstić information content (AvgIpc) is 2.44. The molecule has 2 heteroatoms. The van der Waals surface area contributed by atoms with Crippen molar-refractivity contribution in [1.82, 2.24) is 5.43 Å². The summed E-state index contributed by atoms with van der Waals surface area (Å²) in [4.78, 5) is 0. The van der Waals surface area contributed by atoms with E-state index in [9.17, 15) is 0 Å². The van der Waals surface area contributed by atoms with Gasteiger partial charge >= 0.3 is 0 Å². The predicted octanol–water partition coefficient (Wildman–Crippen LogP) is 4.02. The number of nitrogens with one attached hydrogen (secondary N) is 1. The van der Waals surface area contributed by atoms with E-state index in [1.807, 2.05) is 0 Å². The van der Waals surface area contributed by atoms with E-state index in [2.05, 4.69) is 44.4 Å². The molecule has 3 N–H and O–H groups in total. The van der Waals surface area contributed by atoms with Crippen LogP contribution >= 0.6 is 0 Å². The lowest BCUT2D eigenvalue weighted by Gasteiger charge is -2.34. The summed E-state index contributed by atoms with van der Waals surface area (Å²) < 4.78 is 0. The minimum absolute atomic E-state index is 0.314. The van der Waals surface area contributed by atoms with Crippen molar-refractivity contribution in [3.63, 3.8) is 0 Å². The number of benzene rings is 1. The highest BCUT2D eigenvalue weighted by Gasteiger charge is 2.28. The molecule has 1 aromatic rings. The van der Waals surface area contributed by atoms with Crippen LogP contribution in [0.1, 0.15) is 61.8 Å². The van der Waals surface area contributed by atoms with E-state index >= 15 is 0 Å². The maximum Gasteiger partial charge on any atom is 0.0488 e. The van der Waals surface area contributed by atoms with E-state index in [-0.39, 0.29) is 0 Å². The van der Waals surface area contributed by atoms with Crippen LogP contribution in [0.4, 0.5) is 0 Å². The highest BCUT2D eigenvalue weighted by Crippen LogP contribution is 2.38. The van der Waals surface area contributed by atoms with Crippen molar-refractivity contribution in [3.8, 4) is 0 Å². The molecule has 2 nitrogen and oxygen atoms in total. The topological polar surface area (TPSA) is 38.0 Å². The summed E-state index contributed by atoms with van der Waals surface area (Å²) in [6.45, 7) is 6.66. The van der Waals surface area contributed by atoms with E-state index < -0.39 is 0 Å². The molecule has 0 saturated heterocycles. The van der Waals surface area contributed by atoms with Crippen molar-refractivity contribution in [2.75, 3.05) is 0 Å². The molecule has 0 aromatic heterocycles. The Bertz CT molecular complexity index is 414. The molecule has 1 saturated carbocycles. The summed E-state index contributed by atoms with van der Waals surface area (Å²) in [5.74, 6) is 7.44. The quantitative estimate of drug-likeness (QED) is 0.634. The second kappa shape index (κ2) is 6.53. The Morgan fingerprint density at radius 2 is 2.05 bits per heavy atom. The number of nitrogens with two attached hydrogens (primary N) is 1. The fourth-order valence-electron chi connectivity index (χ4n) is 3.47. The molecule has 3 atom stereocenters. The summed E-state index contributed by atoms with van der Waals surface area (Å²) in [7, 11) is 0. The highest BCUT2D eigenvalue weighted by atomic mass is 15.2. The van der Waals surface area contributed by atoms with E-state index in [1.54, 1.807) is 0 Å². The third-order valence-corrected chi connectivity index (χ3v) is 4.94. The molecule has 0 radical (unpaired) electrons. The van der Waals surface area contributed by atoms with Crippen LogP contribution in [0.15, 0.2) is 18.2 Å². The molecule has 1 aliphatic carbocycles. The van der Waals surface area contributed by atoms with Gasteiger partial charge in [0.05, 0.1) is 0 Å². The number of hydrogen-bond donors (Lipinski definition) is 2. The molecule has 3 unspecified atom stereocenters. The average molecular weight is 260 g/mol. The molecule has 0 bridgehead atoms. The van der Waals surface area contributed by atoms with Gasteiger partial charge in [0.2, 0.25) is 0 Å². The Labute approximate surface area is 117 Å². The third kappa shape index (κ3) is 3.37. The van der Waals surface area contributed by atoms with E-state index in [0.717, 1.165) is 5.92 Å². The first-order valence-electron chi connectivity index (χ1n) is 7.69. The molecule has 0 heterocycles. The zero-order valence-electron chi connectivity index (χ0n) is 12.6. The molecule has 106 valence electrons. The van der Waals surface area contributed by atoms with Gasteiger partial charge in [0, 0.05) is 6.04 Å². The van der Waals surface area contributed by atoms with Crippen LogP contribution in [-0.4, -0.2) is 0 Å². The highest BCUT2D eigenvalue weighted by molar-refractivity contribution is 5.32. The lowest BCUT2D eigenvalue weighted by Crippen LogP contribution is -2.35. The molecular formula is C17H28N2. The number of aryl methyl sites for hydroxylation is 2. The second-order valence-corrected chi connectivity index (χ2v) is 6.19. The lowest BCUT2D eigenvalue weighted by atomic mass is 9.75. The van der Waals surface area contributed by atoms with Gasteiger partial charge in [0.1, 0.15) is 0 Å². The maximum absolute atomic E-state index is 5.86. The molecule has 1 aromatic carbocycles. The minimum Gasteiger partial charge on any atom is -0.271 e. The fraction of sp³-hybridized carbons (Fsp3) is 0.647. The van der Waals surface area contributed by atoms with Crippen molar-refractivity contribution in [3.05, 3.63) is 34.9 Å². The van der Waals surface area contributed by atoms with E-state index in [0.29, 0.717) is 12.0 Å². The smallest absolute Gasteiger partial charge is 0.0488 e. The Kier molecular flexibility index (Phi) is 5.00. The fourth-order valence-corrected chi connectivity index (χ4v) is 3.47. The second-order valence-electron chi connectivity index (χ2n) is 6.19. The first-order valence-corrected chi connectivity index (χ1v) is 7.69. The molecule has 1 fully saturated rings. The largest absolute Gasteiger partial charge is 0.271 e. The van der Waals surface area contributed by atoms with Gasteiger partial charge in [0.25, 0.3) is 0 Å². The zero-order valence-corrected chi connectivity index (χ0v) is 12.6. The van der Waals surface area contributed by atoms with Crippen LogP contribution in [0.5, 0.6) is 0 Å². The van der Waals surface area contributed by atoms with Crippen molar-refractivity contribution in [2.45, 2.75) is 58.9 Å². The van der Waals surface area contributed by atoms with Crippen molar-refractivity contribution < 1.29 is 0 Å². The summed E-state index contributed by atoms with van der Waals surface area (Å²) in [6.07, 6.45) is 6.68. The minimum atomic E-state index is 0.314. The molecular weight excluding hydrogens is 232 g/mol. The van der Waals surface area contributed by atoms with Crippen molar-refractivity contribution in [2.24, 2.45) is 17.7 Å². The Balaban J connectivity index is 2.16. The van der Waals surface area contributed by atoms with Crippen LogP contribution in [0.3, 0.4) is 0 Å². The molecule has 2 rings (SSSR count). The van der Waals surface area contributed by atoms with Gasteiger partial charge in [-0.05, 0) is 55.2 Å². The van der Waals surface area contributed by atoms with Gasteiger partial charge in [-0.1, -0.05) is 44.4 Å². The van der Waals surface area contributed by atoms with E-state index in [1.165, 1.54) is 48.8 Å². The third-order valence-electron chi connectivity index (χ3n) is 4.94. The summed E-state index contributed by atoms with van der Waals surface area (Å²) >= 11 is 0. The molecule has 0 aliphatic heterocycles. The predicted molar refractivity (Wildman–Crippen MR) is 81.7 cm³/mol. The van der Waals surface area contributed by atoms with Gasteiger partial charge < -0.3 is 0 Å². The normalized spacial score (nSPS) is 25.3. The Morgan fingerprint density at radius 1 is 1.26 bits per heavy atom. The summed E-state index contributed by atoms with van der Waals surface area (Å²) in [5, 5.41) is 0. The molecule has 1 aliphatic rings. The van der Waals surface area contributed by atoms with Gasteiger partial charge in [0.15, 0.2) is 0 Å². The van der Waals surface area contributed by atoms with Crippen LogP contribution in [0, 0.1) is 25.7 Å². The zero-order chi connectivity index (χ0) is 13.8. The van der Waals surface area contributed by atoms with Gasteiger partial charge in [-0.25, -0.2) is 0 Å². The van der Waals surface area contributed by atoms with Crippen LogP contribution < -0.4 is 11.3 Å². The van der Waals surface area contributed by atoms with Gasteiger partial charge in [-0.15, -0.1) is 0 Å². The number of hydrazine groups is 1. The van der Waals surface area contributed by atoms with Crippen LogP contribution in [-0.2, 0) is 0 Å². The van der Waals surface area contributed by atoms with Crippen LogP contribution in [0.2, 0.25) is 0 Å². The molecule has 19 heavy (non-hydrogen) atoms. The summed E-state index contributed by atoms with van der Waals surface area (Å²) in [6, 6.07) is 7.07. The van der Waals surface area contributed by atoms with Gasteiger partial charge in [-0.2, -0.15) is 0 Å². The van der Waals surface area contributed by atoms with Crippen LogP contribution in [0.25, 0.3) is 0 Å². The number of rotatable bonds is 4. The monoisotopic (exact) mass is 260 g/mol. The first-order chi connectivity index (χ1) is 9.15. The Hall–Kier alpha value is -0.860. The van der Waals surface area contributed by atoms with Crippen molar-refractivity contribution in [1.29, 1.82) is 0 Å². The van der Waals surface area contributed by atoms with E-state index in [4.69, 9.17) is 5.84 Å². The number of hydrogen-bond acceptors (Lipinski definition) is 2. The van der Waals surface area contributed by atoms with Crippen molar-refractivity contribution >= 4 is 0 Å². The SMILES string of the molecule is CCC1CCCC(C(NN)c2ccc(C)c(C)c2)C1. The molecule has 0 spiro atoms.